The minimum Gasteiger partial charge on any atom is -0.491 e. The molecular formula is C28H36N2O4. The lowest BCUT2D eigenvalue weighted by atomic mass is 10.1. The van der Waals surface area contributed by atoms with Crippen molar-refractivity contribution >= 4 is 0 Å². The van der Waals surface area contributed by atoms with Crippen LogP contribution in [0.1, 0.15) is 11.1 Å². The fourth-order valence-electron chi connectivity index (χ4n) is 3.43. The van der Waals surface area contributed by atoms with Crippen LogP contribution >= 0.6 is 0 Å². The van der Waals surface area contributed by atoms with Gasteiger partial charge >= 0.3 is 0 Å². The Morgan fingerprint density at radius 1 is 0.559 bits per heavy atom. The summed E-state index contributed by atoms with van der Waals surface area (Å²) < 4.78 is 11.3. The number of hydrogen-bond donors (Lipinski definition) is 4. The van der Waals surface area contributed by atoms with E-state index in [1.54, 1.807) is 24.3 Å². The summed E-state index contributed by atoms with van der Waals surface area (Å²) in [7, 11) is 0. The van der Waals surface area contributed by atoms with Gasteiger partial charge in [-0.2, -0.15) is 0 Å². The largest absolute Gasteiger partial charge is 0.491 e. The SMILES string of the molecule is O[C@H](CNCCc1ccccc1)COc1ccc(OC[C@@H](O)CNCCc2ccccc2)cc1. The zero-order valence-corrected chi connectivity index (χ0v) is 19.6. The summed E-state index contributed by atoms with van der Waals surface area (Å²) in [6, 6.07) is 27.7. The molecule has 6 nitrogen and oxygen atoms in total. The average Bonchev–Trinajstić information content (AvgIpc) is 2.88. The zero-order chi connectivity index (χ0) is 23.8. The molecule has 3 aromatic carbocycles. The molecule has 0 unspecified atom stereocenters. The Morgan fingerprint density at radius 2 is 0.941 bits per heavy atom. The smallest absolute Gasteiger partial charge is 0.119 e. The molecule has 0 saturated carbocycles. The molecule has 0 spiro atoms. The van der Waals surface area contributed by atoms with Crippen LogP contribution in [0.25, 0.3) is 0 Å². The summed E-state index contributed by atoms with van der Waals surface area (Å²) in [5, 5.41) is 26.7. The summed E-state index contributed by atoms with van der Waals surface area (Å²) >= 11 is 0. The first-order valence-corrected chi connectivity index (χ1v) is 11.9. The van der Waals surface area contributed by atoms with Crippen LogP contribution in [0.15, 0.2) is 84.9 Å². The third-order valence-corrected chi connectivity index (χ3v) is 5.33. The zero-order valence-electron chi connectivity index (χ0n) is 19.6. The predicted molar refractivity (Wildman–Crippen MR) is 135 cm³/mol. The molecule has 3 aromatic rings. The second-order valence-corrected chi connectivity index (χ2v) is 8.28. The standard InChI is InChI=1S/C28H36N2O4/c31-25(19-29-17-15-23-7-3-1-4-8-23)21-33-27-11-13-28(14-12-27)34-22-26(32)20-30-18-16-24-9-5-2-6-10-24/h1-14,25-26,29-32H,15-22H2/t25-,26+. The maximum absolute atomic E-state index is 10.1. The second kappa shape index (κ2) is 15.1. The van der Waals surface area contributed by atoms with Crippen molar-refractivity contribution in [2.45, 2.75) is 25.0 Å². The van der Waals surface area contributed by atoms with Crippen LogP contribution in [-0.2, 0) is 12.8 Å². The van der Waals surface area contributed by atoms with E-state index in [1.807, 2.05) is 36.4 Å². The van der Waals surface area contributed by atoms with Gasteiger partial charge in [-0.1, -0.05) is 60.7 Å². The van der Waals surface area contributed by atoms with Gasteiger partial charge in [-0.05, 0) is 61.3 Å². The van der Waals surface area contributed by atoms with E-state index in [0.29, 0.717) is 24.6 Å². The van der Waals surface area contributed by atoms with E-state index in [1.165, 1.54) is 11.1 Å². The van der Waals surface area contributed by atoms with E-state index in [2.05, 4.69) is 34.9 Å². The summed E-state index contributed by atoms with van der Waals surface area (Å²) in [6.45, 7) is 3.00. The van der Waals surface area contributed by atoms with E-state index in [-0.39, 0.29) is 13.2 Å². The fraction of sp³-hybridized carbons (Fsp3) is 0.357. The summed E-state index contributed by atoms with van der Waals surface area (Å²) in [6.07, 6.45) is 0.676. The van der Waals surface area contributed by atoms with Gasteiger partial charge in [0, 0.05) is 13.1 Å². The number of aliphatic hydroxyl groups excluding tert-OH is 2. The molecule has 0 aliphatic carbocycles. The number of benzene rings is 3. The van der Waals surface area contributed by atoms with Crippen molar-refractivity contribution in [1.29, 1.82) is 0 Å². The molecule has 2 atom stereocenters. The lowest BCUT2D eigenvalue weighted by molar-refractivity contribution is 0.104. The molecule has 4 N–H and O–H groups in total. The van der Waals surface area contributed by atoms with Crippen LogP contribution in [0.3, 0.4) is 0 Å². The highest BCUT2D eigenvalue weighted by Crippen LogP contribution is 2.18. The lowest BCUT2D eigenvalue weighted by Crippen LogP contribution is -2.32. The highest BCUT2D eigenvalue weighted by Gasteiger charge is 2.07. The molecule has 0 aromatic heterocycles. The molecule has 0 aliphatic heterocycles. The Hall–Kier alpha value is -2.90. The lowest BCUT2D eigenvalue weighted by Gasteiger charge is -2.15. The summed E-state index contributed by atoms with van der Waals surface area (Å²) in [5.41, 5.74) is 2.55. The van der Waals surface area contributed by atoms with Crippen molar-refractivity contribution in [2.24, 2.45) is 0 Å². The van der Waals surface area contributed by atoms with Crippen molar-refractivity contribution in [2.75, 3.05) is 39.4 Å². The molecule has 182 valence electrons. The van der Waals surface area contributed by atoms with Gasteiger partial charge in [0.1, 0.15) is 36.9 Å². The number of rotatable bonds is 16. The van der Waals surface area contributed by atoms with Gasteiger partial charge < -0.3 is 30.3 Å². The third-order valence-electron chi connectivity index (χ3n) is 5.33. The highest BCUT2D eigenvalue weighted by molar-refractivity contribution is 5.31. The molecule has 0 heterocycles. The molecule has 34 heavy (non-hydrogen) atoms. The van der Waals surface area contributed by atoms with Gasteiger partial charge in [0.15, 0.2) is 0 Å². The van der Waals surface area contributed by atoms with Crippen molar-refractivity contribution in [3.8, 4) is 11.5 Å². The van der Waals surface area contributed by atoms with Crippen LogP contribution in [0.5, 0.6) is 11.5 Å². The first-order valence-electron chi connectivity index (χ1n) is 11.9. The van der Waals surface area contributed by atoms with Crippen molar-refractivity contribution in [3.05, 3.63) is 96.1 Å². The van der Waals surface area contributed by atoms with Crippen LogP contribution in [-0.4, -0.2) is 61.8 Å². The Bertz CT molecular complexity index is 830. The van der Waals surface area contributed by atoms with Crippen LogP contribution < -0.4 is 20.1 Å². The van der Waals surface area contributed by atoms with E-state index in [9.17, 15) is 10.2 Å². The van der Waals surface area contributed by atoms with Gasteiger partial charge in [0.25, 0.3) is 0 Å². The Balaban J connectivity index is 1.23. The quantitative estimate of drug-likeness (QED) is 0.244. The molecule has 0 saturated heterocycles. The van der Waals surface area contributed by atoms with Gasteiger partial charge in [-0.3, -0.25) is 0 Å². The van der Waals surface area contributed by atoms with Crippen LogP contribution in [0.4, 0.5) is 0 Å². The van der Waals surface area contributed by atoms with Crippen LogP contribution in [0, 0.1) is 0 Å². The van der Waals surface area contributed by atoms with Crippen molar-refractivity contribution in [1.82, 2.24) is 10.6 Å². The summed E-state index contributed by atoms with van der Waals surface area (Å²) in [5.74, 6) is 1.33. The van der Waals surface area contributed by atoms with Crippen molar-refractivity contribution in [3.63, 3.8) is 0 Å². The number of ether oxygens (including phenoxy) is 2. The van der Waals surface area contributed by atoms with Gasteiger partial charge in [0.2, 0.25) is 0 Å². The monoisotopic (exact) mass is 464 g/mol. The second-order valence-electron chi connectivity index (χ2n) is 8.28. The Kier molecular flexibility index (Phi) is 11.4. The Labute approximate surface area is 202 Å². The van der Waals surface area contributed by atoms with E-state index in [0.717, 1.165) is 25.9 Å². The van der Waals surface area contributed by atoms with Crippen LogP contribution in [0.2, 0.25) is 0 Å². The molecule has 0 aliphatic rings. The normalized spacial score (nSPS) is 12.8. The fourth-order valence-corrected chi connectivity index (χ4v) is 3.43. The molecular weight excluding hydrogens is 428 g/mol. The maximum Gasteiger partial charge on any atom is 0.119 e. The predicted octanol–water partition coefficient (Wildman–Crippen LogP) is 2.83. The highest BCUT2D eigenvalue weighted by atomic mass is 16.5. The molecule has 0 fully saturated rings. The molecule has 3 rings (SSSR count). The van der Waals surface area contributed by atoms with E-state index >= 15 is 0 Å². The van der Waals surface area contributed by atoms with Gasteiger partial charge in [-0.15, -0.1) is 0 Å². The number of hydrogen-bond acceptors (Lipinski definition) is 6. The minimum atomic E-state index is -0.587. The number of aliphatic hydroxyl groups is 2. The number of nitrogens with one attached hydrogen (secondary N) is 2. The van der Waals surface area contributed by atoms with Crippen molar-refractivity contribution < 1.29 is 19.7 Å². The van der Waals surface area contributed by atoms with E-state index < -0.39 is 12.2 Å². The minimum absolute atomic E-state index is 0.214. The summed E-state index contributed by atoms with van der Waals surface area (Å²) in [4.78, 5) is 0. The first-order chi connectivity index (χ1) is 16.7. The first kappa shape index (κ1) is 25.7. The third kappa shape index (κ3) is 10.4. The van der Waals surface area contributed by atoms with Gasteiger partial charge in [-0.25, -0.2) is 0 Å². The maximum atomic E-state index is 10.1. The molecule has 0 radical (unpaired) electrons. The Morgan fingerprint density at radius 3 is 1.32 bits per heavy atom. The molecule has 0 bridgehead atoms. The molecule has 6 heteroatoms. The average molecular weight is 465 g/mol. The van der Waals surface area contributed by atoms with E-state index in [4.69, 9.17) is 9.47 Å². The molecule has 0 amide bonds. The van der Waals surface area contributed by atoms with Gasteiger partial charge in [0.05, 0.1) is 0 Å². The topological polar surface area (TPSA) is 83.0 Å².